The first kappa shape index (κ1) is 19.1. The molecule has 0 saturated heterocycles. The van der Waals surface area contributed by atoms with Crippen LogP contribution in [-0.2, 0) is 0 Å². The largest absolute Gasteiger partial charge is 0.340 e. The summed E-state index contributed by atoms with van der Waals surface area (Å²) in [7, 11) is 0. The topological polar surface area (TPSA) is 78.9 Å². The highest BCUT2D eigenvalue weighted by atomic mass is 16.1. The van der Waals surface area contributed by atoms with Crippen LogP contribution >= 0.6 is 0 Å². The number of aromatic nitrogens is 2. The molecule has 0 aliphatic carbocycles. The number of nitrogens with one attached hydrogen (secondary N) is 3. The van der Waals surface area contributed by atoms with Gasteiger partial charge in [-0.25, -0.2) is 4.98 Å². The lowest BCUT2D eigenvalue weighted by molar-refractivity contribution is 0.102. The predicted molar refractivity (Wildman–Crippen MR) is 121 cm³/mol. The van der Waals surface area contributed by atoms with E-state index < -0.39 is 0 Å². The molecule has 0 fully saturated rings. The molecule has 0 bridgehead atoms. The fourth-order valence-electron chi connectivity index (χ4n) is 2.92. The Kier molecular flexibility index (Phi) is 5.66. The molecule has 3 aromatic carbocycles. The van der Waals surface area contributed by atoms with Gasteiger partial charge in [-0.3, -0.25) is 4.79 Å². The first-order valence-electron chi connectivity index (χ1n) is 9.57. The third kappa shape index (κ3) is 4.99. The van der Waals surface area contributed by atoms with Crippen molar-refractivity contribution in [3.8, 4) is 0 Å². The molecule has 0 unspecified atom stereocenters. The van der Waals surface area contributed by atoms with Gasteiger partial charge in [-0.05, 0) is 55.5 Å². The van der Waals surface area contributed by atoms with Crippen LogP contribution in [0, 0.1) is 6.92 Å². The average Bonchev–Trinajstić information content (AvgIpc) is 2.76. The van der Waals surface area contributed by atoms with E-state index >= 15 is 0 Å². The number of hydrogen-bond acceptors (Lipinski definition) is 5. The minimum atomic E-state index is -0.144. The summed E-state index contributed by atoms with van der Waals surface area (Å²) in [5.41, 5.74) is 3.96. The van der Waals surface area contributed by atoms with Crippen molar-refractivity contribution in [1.82, 2.24) is 9.97 Å². The van der Waals surface area contributed by atoms with Crippen molar-refractivity contribution in [2.75, 3.05) is 16.0 Å². The zero-order valence-electron chi connectivity index (χ0n) is 16.5. The average molecular weight is 395 g/mol. The molecule has 1 amide bonds. The molecule has 0 spiro atoms. The van der Waals surface area contributed by atoms with Crippen molar-refractivity contribution in [2.24, 2.45) is 0 Å². The SMILES string of the molecule is Cc1cc(Nc2ccccc2)nc(Nc2ccc(NC(=O)c3ccccc3)cc2)n1. The summed E-state index contributed by atoms with van der Waals surface area (Å²) >= 11 is 0. The molecule has 0 atom stereocenters. The highest BCUT2D eigenvalue weighted by molar-refractivity contribution is 6.04. The Bertz CT molecular complexity index is 1130. The molecule has 4 aromatic rings. The van der Waals surface area contributed by atoms with Gasteiger partial charge in [0.15, 0.2) is 0 Å². The lowest BCUT2D eigenvalue weighted by Gasteiger charge is -2.11. The van der Waals surface area contributed by atoms with E-state index in [2.05, 4.69) is 25.9 Å². The summed E-state index contributed by atoms with van der Waals surface area (Å²) in [6.45, 7) is 1.92. The van der Waals surface area contributed by atoms with Crippen LogP contribution in [0.2, 0.25) is 0 Å². The van der Waals surface area contributed by atoms with E-state index in [0.717, 1.165) is 17.1 Å². The van der Waals surface area contributed by atoms with Gasteiger partial charge in [0, 0.05) is 34.4 Å². The Hall–Kier alpha value is -4.19. The van der Waals surface area contributed by atoms with Crippen LogP contribution in [0.3, 0.4) is 0 Å². The van der Waals surface area contributed by atoms with Crippen molar-refractivity contribution in [2.45, 2.75) is 6.92 Å². The van der Waals surface area contributed by atoms with Gasteiger partial charge in [-0.1, -0.05) is 36.4 Å². The van der Waals surface area contributed by atoms with Crippen LogP contribution in [0.1, 0.15) is 16.1 Å². The molecule has 1 aromatic heterocycles. The van der Waals surface area contributed by atoms with E-state index in [1.54, 1.807) is 12.1 Å². The number of nitrogens with zero attached hydrogens (tertiary/aromatic N) is 2. The molecular weight excluding hydrogens is 374 g/mol. The second kappa shape index (κ2) is 8.87. The molecule has 6 nitrogen and oxygen atoms in total. The van der Waals surface area contributed by atoms with E-state index in [4.69, 9.17) is 0 Å². The predicted octanol–water partition coefficient (Wildman–Crippen LogP) is 5.52. The minimum Gasteiger partial charge on any atom is -0.340 e. The van der Waals surface area contributed by atoms with Crippen molar-refractivity contribution in [3.63, 3.8) is 0 Å². The fourth-order valence-corrected chi connectivity index (χ4v) is 2.92. The summed E-state index contributed by atoms with van der Waals surface area (Å²) in [6.07, 6.45) is 0. The lowest BCUT2D eigenvalue weighted by Crippen LogP contribution is -2.11. The Balaban J connectivity index is 1.43. The van der Waals surface area contributed by atoms with Crippen LogP contribution < -0.4 is 16.0 Å². The molecule has 0 aliphatic heterocycles. The number of hydrogen-bond donors (Lipinski definition) is 3. The molecule has 3 N–H and O–H groups in total. The number of rotatable bonds is 6. The summed E-state index contributed by atoms with van der Waals surface area (Å²) in [5, 5.41) is 9.37. The second-order valence-electron chi connectivity index (χ2n) is 6.73. The lowest BCUT2D eigenvalue weighted by atomic mass is 10.2. The number of amides is 1. The quantitative estimate of drug-likeness (QED) is 0.400. The van der Waals surface area contributed by atoms with Gasteiger partial charge >= 0.3 is 0 Å². The van der Waals surface area contributed by atoms with Crippen LogP contribution in [-0.4, -0.2) is 15.9 Å². The normalized spacial score (nSPS) is 10.3. The van der Waals surface area contributed by atoms with Crippen LogP contribution in [0.4, 0.5) is 28.8 Å². The van der Waals surface area contributed by atoms with Gasteiger partial charge in [0.25, 0.3) is 5.91 Å². The Morgan fingerprint density at radius 1 is 0.700 bits per heavy atom. The Morgan fingerprint density at radius 2 is 1.30 bits per heavy atom. The summed E-state index contributed by atoms with van der Waals surface area (Å²) in [6, 6.07) is 28.3. The van der Waals surface area contributed by atoms with Gasteiger partial charge < -0.3 is 16.0 Å². The molecule has 30 heavy (non-hydrogen) atoms. The van der Waals surface area contributed by atoms with Crippen LogP contribution in [0.5, 0.6) is 0 Å². The zero-order chi connectivity index (χ0) is 20.8. The molecule has 0 radical (unpaired) electrons. The maximum absolute atomic E-state index is 12.3. The molecule has 6 heteroatoms. The first-order valence-corrected chi connectivity index (χ1v) is 9.57. The molecule has 1 heterocycles. The van der Waals surface area contributed by atoms with E-state index in [1.165, 1.54) is 0 Å². The smallest absolute Gasteiger partial charge is 0.255 e. The highest BCUT2D eigenvalue weighted by Crippen LogP contribution is 2.20. The number of para-hydroxylation sites is 1. The Labute approximate surface area is 175 Å². The summed E-state index contributed by atoms with van der Waals surface area (Å²) in [5.74, 6) is 1.06. The first-order chi connectivity index (χ1) is 14.7. The second-order valence-corrected chi connectivity index (χ2v) is 6.73. The van der Waals surface area contributed by atoms with Gasteiger partial charge in [0.1, 0.15) is 5.82 Å². The third-order valence-electron chi connectivity index (χ3n) is 4.34. The maximum atomic E-state index is 12.3. The van der Waals surface area contributed by atoms with E-state index in [9.17, 15) is 4.79 Å². The molecule has 4 rings (SSSR count). The van der Waals surface area contributed by atoms with Gasteiger partial charge in [0.2, 0.25) is 5.95 Å². The standard InChI is InChI=1S/C24H21N5O/c1-17-16-22(26-19-10-6-3-7-11-19)29-24(25-17)28-21-14-12-20(13-15-21)27-23(30)18-8-4-2-5-9-18/h2-16H,1H3,(H,27,30)(H2,25,26,28,29). The molecule has 0 aliphatic rings. The fraction of sp³-hybridized carbons (Fsp3) is 0.0417. The van der Waals surface area contributed by atoms with E-state index in [0.29, 0.717) is 23.0 Å². The van der Waals surface area contributed by atoms with Gasteiger partial charge in [-0.2, -0.15) is 4.98 Å². The minimum absolute atomic E-state index is 0.144. The van der Waals surface area contributed by atoms with E-state index in [-0.39, 0.29) is 5.91 Å². The van der Waals surface area contributed by atoms with Crippen molar-refractivity contribution < 1.29 is 4.79 Å². The van der Waals surface area contributed by atoms with Crippen LogP contribution in [0.25, 0.3) is 0 Å². The third-order valence-corrected chi connectivity index (χ3v) is 4.34. The number of benzene rings is 3. The maximum Gasteiger partial charge on any atom is 0.255 e. The van der Waals surface area contributed by atoms with Crippen molar-refractivity contribution in [1.29, 1.82) is 0 Å². The highest BCUT2D eigenvalue weighted by Gasteiger charge is 2.06. The summed E-state index contributed by atoms with van der Waals surface area (Å²) < 4.78 is 0. The summed E-state index contributed by atoms with van der Waals surface area (Å²) in [4.78, 5) is 21.2. The molecular formula is C24H21N5O. The van der Waals surface area contributed by atoms with Crippen LogP contribution in [0.15, 0.2) is 91.0 Å². The van der Waals surface area contributed by atoms with Gasteiger partial charge in [0.05, 0.1) is 0 Å². The number of aryl methyl sites for hydroxylation is 1. The number of anilines is 5. The number of carbonyl (C=O) groups is 1. The van der Waals surface area contributed by atoms with E-state index in [1.807, 2.05) is 85.8 Å². The number of carbonyl (C=O) groups excluding carboxylic acids is 1. The zero-order valence-corrected chi connectivity index (χ0v) is 16.5. The van der Waals surface area contributed by atoms with Gasteiger partial charge in [-0.15, -0.1) is 0 Å². The molecule has 148 valence electrons. The van der Waals surface area contributed by atoms with Crippen molar-refractivity contribution in [3.05, 3.63) is 102 Å². The van der Waals surface area contributed by atoms with Crippen molar-refractivity contribution >= 4 is 34.7 Å². The molecule has 0 saturated carbocycles. The monoisotopic (exact) mass is 395 g/mol. The Morgan fingerprint density at radius 3 is 2.00 bits per heavy atom.